The minimum absolute atomic E-state index is 0.0142. The summed E-state index contributed by atoms with van der Waals surface area (Å²) < 4.78 is 31.2. The highest BCUT2D eigenvalue weighted by atomic mass is 19.1. The van der Waals surface area contributed by atoms with Crippen molar-refractivity contribution in [2.45, 2.75) is 106 Å². The van der Waals surface area contributed by atoms with Crippen molar-refractivity contribution >= 4 is 41.5 Å². The highest BCUT2D eigenvalue weighted by Gasteiger charge is 2.38. The number of aliphatic hydroxyl groups is 1. The maximum atomic E-state index is 15.1. The van der Waals surface area contributed by atoms with Crippen LogP contribution in [-0.2, 0) is 40.1 Å². The van der Waals surface area contributed by atoms with Gasteiger partial charge in [-0.05, 0) is 61.9 Å². The fourth-order valence-electron chi connectivity index (χ4n) is 6.40. The Labute approximate surface area is 379 Å². The molecule has 3 rings (SSSR count). The lowest BCUT2D eigenvalue weighted by molar-refractivity contribution is -0.153. The van der Waals surface area contributed by atoms with Gasteiger partial charge in [-0.1, -0.05) is 78.8 Å². The van der Waals surface area contributed by atoms with Gasteiger partial charge in [0.05, 0.1) is 18.6 Å². The van der Waals surface area contributed by atoms with Gasteiger partial charge in [0.15, 0.2) is 0 Å². The quantitative estimate of drug-likeness (QED) is 0.0528. The number of hydrogen-bond acceptors (Lipinski definition) is 9. The fraction of sp³-hybridized carbons (Fsp3) is 0.500. The molecule has 17 nitrogen and oxygen atoms in total. The number of hydrogen-bond donors (Lipinski definition) is 8. The molecule has 65 heavy (non-hydrogen) atoms. The van der Waals surface area contributed by atoms with E-state index in [1.807, 2.05) is 83.4 Å². The van der Waals surface area contributed by atoms with E-state index in [2.05, 4.69) is 21.3 Å². The van der Waals surface area contributed by atoms with Crippen LogP contribution in [-0.4, -0.2) is 111 Å². The molecule has 3 atom stereocenters. The van der Waals surface area contributed by atoms with Crippen molar-refractivity contribution in [1.29, 1.82) is 0 Å². The molecule has 360 valence electrons. The van der Waals surface area contributed by atoms with Crippen molar-refractivity contribution in [1.82, 2.24) is 30.7 Å². The van der Waals surface area contributed by atoms with E-state index in [9.17, 15) is 48.2 Å². The summed E-state index contributed by atoms with van der Waals surface area (Å²) >= 11 is 0. The van der Waals surface area contributed by atoms with Crippen LogP contribution in [0.15, 0.2) is 60.8 Å². The molecular formula is C46H67F2N7O10. The van der Waals surface area contributed by atoms with Crippen molar-refractivity contribution in [2.24, 2.45) is 16.6 Å². The summed E-state index contributed by atoms with van der Waals surface area (Å²) in [5.41, 5.74) is 5.51. The molecule has 0 saturated heterocycles. The predicted octanol–water partition coefficient (Wildman–Crippen LogP) is 3.97. The Kier molecular flexibility index (Phi) is 23.8. The minimum atomic E-state index is -1.84. The number of aliphatic carboxylic acids is 2. The molecule has 0 bridgehead atoms. The van der Waals surface area contributed by atoms with Gasteiger partial charge < -0.3 is 51.8 Å². The lowest BCUT2D eigenvalue weighted by Gasteiger charge is -2.41. The molecule has 0 spiro atoms. The Morgan fingerprint density at radius 3 is 1.97 bits per heavy atom. The third kappa shape index (κ3) is 17.7. The van der Waals surface area contributed by atoms with Gasteiger partial charge in [-0.3, -0.25) is 33.6 Å². The lowest BCUT2D eigenvalue weighted by Crippen LogP contribution is -2.52. The van der Waals surface area contributed by atoms with Crippen LogP contribution >= 0.6 is 0 Å². The van der Waals surface area contributed by atoms with Gasteiger partial charge in [-0.2, -0.15) is 0 Å². The average Bonchev–Trinajstić information content (AvgIpc) is 3.67. The number of carboxylic acids is 2. The number of nitrogens with zero attached hydrogens (tertiary/aromatic N) is 2. The first kappa shape index (κ1) is 56.8. The van der Waals surface area contributed by atoms with Gasteiger partial charge in [0.1, 0.15) is 29.7 Å². The highest BCUT2D eigenvalue weighted by Crippen LogP contribution is 2.41. The van der Waals surface area contributed by atoms with E-state index in [0.717, 1.165) is 37.6 Å². The standard InChI is InChI=1S/C42H55F2N7O10.2C2H6/c1-41(2,3)36(32-19-26(28-20-27(43)11-12-29(28)44)23-50(32)22-25-9-7-6-8-10-25)51(34(54)24-52)18-15-30(45)37(57)46-16-17-47-38(58)31(13-14-35(55)56)49-33(53)21-48-39(59)42(4,5)40(60)61;2*1-2/h6-12,19-20,23,30-31,36,52H,13-18,21-22,24,45H2,1-5H3,(H,46,57)(H,47,58)(H,48,59)(H,49,53)(H,55,56)(H,60,61);2*1-2H3. The monoisotopic (exact) mass is 915 g/mol. The van der Waals surface area contributed by atoms with Gasteiger partial charge in [0, 0.05) is 55.6 Å². The first-order valence-corrected chi connectivity index (χ1v) is 21.5. The third-order valence-electron chi connectivity index (χ3n) is 9.78. The molecule has 1 aromatic heterocycles. The van der Waals surface area contributed by atoms with Gasteiger partial charge in [0.2, 0.25) is 29.5 Å². The van der Waals surface area contributed by atoms with Crippen LogP contribution in [0, 0.1) is 22.5 Å². The number of carboxylic acid groups (broad SMARTS) is 2. The zero-order chi connectivity index (χ0) is 49.7. The molecular weight excluding hydrogens is 849 g/mol. The number of amides is 5. The Hall–Kier alpha value is -6.21. The van der Waals surface area contributed by atoms with Crippen molar-refractivity contribution < 1.29 is 57.7 Å². The van der Waals surface area contributed by atoms with E-state index in [1.165, 1.54) is 4.90 Å². The number of nitrogens with one attached hydrogen (secondary N) is 4. The molecule has 0 aliphatic carbocycles. The average molecular weight is 916 g/mol. The van der Waals surface area contributed by atoms with Crippen molar-refractivity contribution in [3.8, 4) is 11.1 Å². The number of nitrogens with two attached hydrogens (primary N) is 1. The number of benzene rings is 2. The summed E-state index contributed by atoms with van der Waals surface area (Å²) in [4.78, 5) is 88.0. The maximum Gasteiger partial charge on any atom is 0.318 e. The molecule has 5 amide bonds. The topological polar surface area (TPSA) is 262 Å². The van der Waals surface area contributed by atoms with Crippen LogP contribution < -0.4 is 27.0 Å². The molecule has 0 saturated carbocycles. The molecule has 2 aromatic carbocycles. The summed E-state index contributed by atoms with van der Waals surface area (Å²) in [6.45, 7) is 14.2. The van der Waals surface area contributed by atoms with Crippen LogP contribution in [0.4, 0.5) is 8.78 Å². The highest BCUT2D eigenvalue weighted by molar-refractivity contribution is 6.02. The summed E-state index contributed by atoms with van der Waals surface area (Å²) in [7, 11) is 0. The van der Waals surface area contributed by atoms with Crippen LogP contribution in [0.5, 0.6) is 0 Å². The van der Waals surface area contributed by atoms with Crippen LogP contribution in [0.1, 0.15) is 98.9 Å². The lowest BCUT2D eigenvalue weighted by atomic mass is 9.82. The molecule has 0 aliphatic rings. The number of aromatic nitrogens is 1. The van der Waals surface area contributed by atoms with Crippen LogP contribution in [0.25, 0.3) is 11.1 Å². The molecule has 3 unspecified atom stereocenters. The van der Waals surface area contributed by atoms with Crippen LogP contribution in [0.3, 0.4) is 0 Å². The second-order valence-electron chi connectivity index (χ2n) is 16.0. The Bertz CT molecular complexity index is 2050. The fourth-order valence-corrected chi connectivity index (χ4v) is 6.40. The number of rotatable bonds is 22. The maximum absolute atomic E-state index is 15.1. The van der Waals surface area contributed by atoms with E-state index in [4.69, 9.17) is 10.8 Å². The number of carbonyl (C=O) groups is 7. The molecule has 9 N–H and O–H groups in total. The SMILES string of the molecule is CC.CC.CC(C)(C(=O)O)C(=O)NCC(=O)NC(CCC(=O)O)C(=O)NCCNC(=O)C(N)CCN(C(=O)CO)C(c1cc(-c2cc(F)ccc2F)cn1Cc1ccccc1)C(C)(C)C. The Morgan fingerprint density at radius 1 is 0.815 bits per heavy atom. The van der Waals surface area contributed by atoms with E-state index < -0.39 is 102 Å². The first-order chi connectivity index (χ1) is 30.6. The van der Waals surface area contributed by atoms with E-state index in [-0.39, 0.29) is 38.0 Å². The molecule has 0 radical (unpaired) electrons. The van der Waals surface area contributed by atoms with E-state index in [0.29, 0.717) is 17.8 Å². The molecule has 0 aliphatic heterocycles. The molecule has 19 heteroatoms. The second-order valence-corrected chi connectivity index (χ2v) is 16.0. The molecule has 0 fully saturated rings. The van der Waals surface area contributed by atoms with E-state index in [1.54, 1.807) is 12.3 Å². The Balaban J connectivity index is 0.00000513. The summed E-state index contributed by atoms with van der Waals surface area (Å²) in [5, 5.41) is 38.0. The normalized spacial score (nSPS) is 12.4. The van der Waals surface area contributed by atoms with E-state index >= 15 is 4.39 Å². The van der Waals surface area contributed by atoms with Gasteiger partial charge in [-0.15, -0.1) is 0 Å². The van der Waals surface area contributed by atoms with Gasteiger partial charge in [-0.25, -0.2) is 8.78 Å². The number of halogens is 2. The molecule has 3 aromatic rings. The number of carbonyl (C=O) groups excluding carboxylic acids is 5. The van der Waals surface area contributed by atoms with Gasteiger partial charge in [0.25, 0.3) is 0 Å². The van der Waals surface area contributed by atoms with Gasteiger partial charge >= 0.3 is 11.9 Å². The first-order valence-electron chi connectivity index (χ1n) is 21.5. The predicted molar refractivity (Wildman–Crippen MR) is 241 cm³/mol. The summed E-state index contributed by atoms with van der Waals surface area (Å²) in [5.74, 6) is -7.91. The molecule has 1 heterocycles. The van der Waals surface area contributed by atoms with Crippen molar-refractivity contribution in [2.75, 3.05) is 32.8 Å². The zero-order valence-electron chi connectivity index (χ0n) is 38.8. The Morgan fingerprint density at radius 2 is 1.42 bits per heavy atom. The number of aliphatic hydroxyl groups excluding tert-OH is 1. The van der Waals surface area contributed by atoms with Crippen molar-refractivity contribution in [3.05, 3.63) is 83.7 Å². The smallest absolute Gasteiger partial charge is 0.318 e. The zero-order valence-corrected chi connectivity index (χ0v) is 38.8. The largest absolute Gasteiger partial charge is 0.481 e. The second kappa shape index (κ2) is 27.2. The minimum Gasteiger partial charge on any atom is -0.481 e. The summed E-state index contributed by atoms with van der Waals surface area (Å²) in [6, 6.07) is 10.9. The van der Waals surface area contributed by atoms with Crippen molar-refractivity contribution in [3.63, 3.8) is 0 Å². The summed E-state index contributed by atoms with van der Waals surface area (Å²) in [6.07, 6.45) is 0.772. The van der Waals surface area contributed by atoms with Crippen LogP contribution in [0.2, 0.25) is 0 Å². The third-order valence-corrected chi connectivity index (χ3v) is 9.78.